The number of carbonyl (C=O) groups excluding carboxylic acids is 1. The van der Waals surface area contributed by atoms with Crippen LogP contribution in [0.5, 0.6) is 0 Å². The van der Waals surface area contributed by atoms with Crippen molar-refractivity contribution in [1.82, 2.24) is 4.90 Å². The molecular weight excluding hydrogens is 276 g/mol. The summed E-state index contributed by atoms with van der Waals surface area (Å²) in [4.78, 5) is 13.8. The van der Waals surface area contributed by atoms with E-state index in [1.165, 1.54) is 12.8 Å². The minimum absolute atomic E-state index is 0. The lowest BCUT2D eigenvalue weighted by Gasteiger charge is -2.21. The smallest absolute Gasteiger partial charge is 0.243 e. The van der Waals surface area contributed by atoms with Crippen LogP contribution in [-0.2, 0) is 9.53 Å². The zero-order valence-corrected chi connectivity index (χ0v) is 12.6. The molecule has 1 amide bonds. The zero-order chi connectivity index (χ0) is 13.7. The summed E-state index contributed by atoms with van der Waals surface area (Å²) in [6, 6.07) is 8.85. The first-order chi connectivity index (χ1) is 9.18. The maximum Gasteiger partial charge on any atom is 0.243 e. The highest BCUT2D eigenvalue weighted by atomic mass is 35.5. The number of rotatable bonds is 7. The van der Waals surface area contributed by atoms with Gasteiger partial charge in [0.2, 0.25) is 5.91 Å². The van der Waals surface area contributed by atoms with Crippen LogP contribution in [0, 0.1) is 5.92 Å². The number of carbonyl (C=O) groups is 1. The van der Waals surface area contributed by atoms with E-state index >= 15 is 0 Å². The molecule has 1 aromatic carbocycles. The molecule has 0 aliphatic heterocycles. The number of nitrogens with two attached hydrogens (primary N) is 1. The molecular formula is C15H23ClN2O2. The first kappa shape index (κ1) is 17.0. The van der Waals surface area contributed by atoms with Crippen LogP contribution >= 0.6 is 12.4 Å². The molecule has 0 saturated heterocycles. The maximum atomic E-state index is 12.1. The summed E-state index contributed by atoms with van der Waals surface area (Å²) in [6.45, 7) is 2.00. The van der Waals surface area contributed by atoms with Gasteiger partial charge in [0.05, 0.1) is 6.61 Å². The van der Waals surface area contributed by atoms with Gasteiger partial charge in [-0.2, -0.15) is 0 Å². The van der Waals surface area contributed by atoms with Gasteiger partial charge >= 0.3 is 0 Å². The third-order valence-corrected chi connectivity index (χ3v) is 3.42. The van der Waals surface area contributed by atoms with Crippen LogP contribution in [0.25, 0.3) is 0 Å². The van der Waals surface area contributed by atoms with Crippen molar-refractivity contribution >= 4 is 18.3 Å². The average molecular weight is 299 g/mol. The molecule has 1 saturated carbocycles. The van der Waals surface area contributed by atoms with Gasteiger partial charge < -0.3 is 15.4 Å². The molecule has 1 aliphatic rings. The van der Waals surface area contributed by atoms with Crippen molar-refractivity contribution in [3.63, 3.8) is 0 Å². The Balaban J connectivity index is 0.00000200. The molecule has 0 aromatic heterocycles. The maximum absolute atomic E-state index is 12.1. The summed E-state index contributed by atoms with van der Waals surface area (Å²) >= 11 is 0. The SMILES string of the molecule is CN(CCOCC1CC1)C(=O)C(N)c1ccccc1.Cl. The molecule has 0 bridgehead atoms. The fourth-order valence-electron chi connectivity index (χ4n) is 1.89. The van der Waals surface area contributed by atoms with Crippen LogP contribution in [0.4, 0.5) is 0 Å². The van der Waals surface area contributed by atoms with Crippen LogP contribution in [-0.4, -0.2) is 37.6 Å². The highest BCUT2D eigenvalue weighted by molar-refractivity contribution is 5.85. The van der Waals surface area contributed by atoms with Crippen molar-refractivity contribution in [3.05, 3.63) is 35.9 Å². The summed E-state index contributed by atoms with van der Waals surface area (Å²) in [6.07, 6.45) is 2.57. The van der Waals surface area contributed by atoms with E-state index in [4.69, 9.17) is 10.5 Å². The molecule has 0 radical (unpaired) electrons. The molecule has 1 unspecified atom stereocenters. The fourth-order valence-corrected chi connectivity index (χ4v) is 1.89. The molecule has 0 heterocycles. The van der Waals surface area contributed by atoms with Crippen molar-refractivity contribution in [2.45, 2.75) is 18.9 Å². The summed E-state index contributed by atoms with van der Waals surface area (Å²) in [5.74, 6) is 0.689. The lowest BCUT2D eigenvalue weighted by atomic mass is 10.1. The molecule has 1 atom stereocenters. The van der Waals surface area contributed by atoms with Crippen molar-refractivity contribution in [2.75, 3.05) is 26.8 Å². The van der Waals surface area contributed by atoms with Crippen LogP contribution in [0.1, 0.15) is 24.4 Å². The minimum Gasteiger partial charge on any atom is -0.379 e. The molecule has 0 spiro atoms. The Kier molecular flexibility index (Phi) is 6.99. The Morgan fingerprint density at radius 3 is 2.65 bits per heavy atom. The van der Waals surface area contributed by atoms with E-state index in [2.05, 4.69) is 0 Å². The topological polar surface area (TPSA) is 55.6 Å². The Labute approximate surface area is 126 Å². The monoisotopic (exact) mass is 298 g/mol. The Morgan fingerprint density at radius 1 is 1.40 bits per heavy atom. The van der Waals surface area contributed by atoms with Gasteiger partial charge in [-0.3, -0.25) is 4.79 Å². The van der Waals surface area contributed by atoms with E-state index in [0.29, 0.717) is 13.2 Å². The normalized spacial score (nSPS) is 15.3. The minimum atomic E-state index is -0.588. The molecule has 5 heteroatoms. The summed E-state index contributed by atoms with van der Waals surface area (Å²) in [5.41, 5.74) is 6.82. The number of benzene rings is 1. The van der Waals surface area contributed by atoms with Gasteiger partial charge in [-0.15, -0.1) is 12.4 Å². The average Bonchev–Trinajstić information content (AvgIpc) is 3.27. The van der Waals surface area contributed by atoms with Crippen LogP contribution < -0.4 is 5.73 Å². The van der Waals surface area contributed by atoms with Gasteiger partial charge in [0.1, 0.15) is 6.04 Å². The van der Waals surface area contributed by atoms with Crippen molar-refractivity contribution < 1.29 is 9.53 Å². The van der Waals surface area contributed by atoms with Gasteiger partial charge in [-0.1, -0.05) is 30.3 Å². The number of ether oxygens (including phenoxy) is 1. The molecule has 2 rings (SSSR count). The van der Waals surface area contributed by atoms with Crippen molar-refractivity contribution in [2.24, 2.45) is 11.7 Å². The third-order valence-electron chi connectivity index (χ3n) is 3.42. The van der Waals surface area contributed by atoms with Crippen LogP contribution in [0.2, 0.25) is 0 Å². The zero-order valence-electron chi connectivity index (χ0n) is 11.8. The number of hydrogen-bond acceptors (Lipinski definition) is 3. The van der Waals surface area contributed by atoms with Crippen molar-refractivity contribution in [3.8, 4) is 0 Å². The molecule has 1 aliphatic carbocycles. The summed E-state index contributed by atoms with van der Waals surface area (Å²) < 4.78 is 5.53. The predicted octanol–water partition coefficient (Wildman–Crippen LogP) is 1.99. The molecule has 1 fully saturated rings. The lowest BCUT2D eigenvalue weighted by molar-refractivity contribution is -0.132. The van der Waals surface area contributed by atoms with E-state index in [1.807, 2.05) is 30.3 Å². The van der Waals surface area contributed by atoms with Crippen molar-refractivity contribution in [1.29, 1.82) is 0 Å². The number of halogens is 1. The van der Waals surface area contributed by atoms with Crippen LogP contribution in [0.3, 0.4) is 0 Å². The van der Waals surface area contributed by atoms with Gasteiger partial charge in [-0.25, -0.2) is 0 Å². The van der Waals surface area contributed by atoms with Gasteiger partial charge in [0.25, 0.3) is 0 Å². The van der Waals surface area contributed by atoms with Crippen LogP contribution in [0.15, 0.2) is 30.3 Å². The van der Waals surface area contributed by atoms with Gasteiger partial charge in [0.15, 0.2) is 0 Å². The van der Waals surface area contributed by atoms with Gasteiger partial charge in [-0.05, 0) is 24.3 Å². The second kappa shape index (κ2) is 8.25. The first-order valence-corrected chi connectivity index (χ1v) is 6.81. The Bertz CT molecular complexity index is 410. The number of hydrogen-bond donors (Lipinski definition) is 1. The molecule has 2 N–H and O–H groups in total. The highest BCUT2D eigenvalue weighted by Crippen LogP contribution is 2.28. The van der Waals surface area contributed by atoms with Gasteiger partial charge in [0, 0.05) is 20.2 Å². The molecule has 20 heavy (non-hydrogen) atoms. The number of nitrogens with zero attached hydrogens (tertiary/aromatic N) is 1. The second-order valence-electron chi connectivity index (χ2n) is 5.17. The number of likely N-dealkylation sites (N-methyl/N-ethyl adjacent to an activating group) is 1. The second-order valence-corrected chi connectivity index (χ2v) is 5.17. The number of amides is 1. The van der Waals surface area contributed by atoms with E-state index < -0.39 is 6.04 Å². The molecule has 112 valence electrons. The molecule has 1 aromatic rings. The summed E-state index contributed by atoms with van der Waals surface area (Å²) in [7, 11) is 1.77. The summed E-state index contributed by atoms with van der Waals surface area (Å²) in [5, 5.41) is 0. The third kappa shape index (κ3) is 5.12. The van der Waals surface area contributed by atoms with E-state index in [1.54, 1.807) is 11.9 Å². The Morgan fingerprint density at radius 2 is 2.05 bits per heavy atom. The predicted molar refractivity (Wildman–Crippen MR) is 81.8 cm³/mol. The Hall–Kier alpha value is -1.10. The largest absolute Gasteiger partial charge is 0.379 e. The quantitative estimate of drug-likeness (QED) is 0.783. The highest BCUT2D eigenvalue weighted by Gasteiger charge is 2.22. The fraction of sp³-hybridized carbons (Fsp3) is 0.533. The van der Waals surface area contributed by atoms with E-state index in [0.717, 1.165) is 18.1 Å². The van der Waals surface area contributed by atoms with E-state index in [9.17, 15) is 4.79 Å². The first-order valence-electron chi connectivity index (χ1n) is 6.81. The lowest BCUT2D eigenvalue weighted by Crippen LogP contribution is -2.37. The molecule has 4 nitrogen and oxygen atoms in total. The standard InChI is InChI=1S/C15H22N2O2.ClH/c1-17(9-10-19-11-12-7-8-12)15(18)14(16)13-5-3-2-4-6-13;/h2-6,12,14H,7-11,16H2,1H3;1H. The van der Waals surface area contributed by atoms with E-state index in [-0.39, 0.29) is 18.3 Å².